The van der Waals surface area contributed by atoms with Crippen molar-refractivity contribution >= 4 is 27.4 Å². The number of nitrogen functional groups attached to an aromatic ring is 1. The highest BCUT2D eigenvalue weighted by Gasteiger charge is 2.28. The molecule has 1 aliphatic rings. The minimum absolute atomic E-state index is 0.135. The second-order valence-corrected chi connectivity index (χ2v) is 9.87. The lowest BCUT2D eigenvalue weighted by atomic mass is 10.1. The lowest BCUT2D eigenvalue weighted by molar-refractivity contribution is 0.0953. The number of benzene rings is 2. The van der Waals surface area contributed by atoms with Gasteiger partial charge in [-0.05, 0) is 67.8 Å². The summed E-state index contributed by atoms with van der Waals surface area (Å²) in [6.07, 6.45) is 1.52. The number of halogens is 1. The van der Waals surface area contributed by atoms with Crippen LogP contribution in [0.4, 0.5) is 15.9 Å². The third kappa shape index (κ3) is 4.72. The largest absolute Gasteiger partial charge is 0.382 e. The molecular weight excluding hydrogens is 459 g/mol. The van der Waals surface area contributed by atoms with Gasteiger partial charge in [-0.1, -0.05) is 0 Å². The predicted molar refractivity (Wildman–Crippen MR) is 125 cm³/mol. The van der Waals surface area contributed by atoms with Gasteiger partial charge in [0, 0.05) is 18.7 Å². The Labute approximate surface area is 196 Å². The van der Waals surface area contributed by atoms with E-state index in [0.29, 0.717) is 55.0 Å². The predicted octanol–water partition coefficient (Wildman–Crippen LogP) is 2.37. The van der Waals surface area contributed by atoms with E-state index in [2.05, 4.69) is 16.5 Å². The van der Waals surface area contributed by atoms with Crippen LogP contribution in [-0.2, 0) is 16.4 Å². The van der Waals surface area contributed by atoms with Gasteiger partial charge in [0.15, 0.2) is 0 Å². The van der Waals surface area contributed by atoms with E-state index in [9.17, 15) is 22.9 Å². The van der Waals surface area contributed by atoms with Crippen molar-refractivity contribution in [2.75, 3.05) is 28.9 Å². The van der Waals surface area contributed by atoms with E-state index in [1.54, 1.807) is 24.3 Å². The Bertz CT molecular complexity index is 1350. The molecule has 1 saturated heterocycles. The summed E-state index contributed by atoms with van der Waals surface area (Å²) in [4.78, 5) is 12.4. The van der Waals surface area contributed by atoms with Crippen LogP contribution in [0.15, 0.2) is 48.5 Å². The number of carbonyl (C=O) groups is 1. The zero-order valence-electron chi connectivity index (χ0n) is 18.2. The van der Waals surface area contributed by atoms with E-state index in [0.717, 1.165) is 0 Å². The van der Waals surface area contributed by atoms with Crippen molar-refractivity contribution < 1.29 is 17.6 Å². The molecule has 0 aliphatic carbocycles. The Kier molecular flexibility index (Phi) is 6.51. The normalized spacial score (nSPS) is 14.6. The van der Waals surface area contributed by atoms with Crippen LogP contribution in [0.25, 0.3) is 5.69 Å². The quantitative estimate of drug-likeness (QED) is 0.497. The fraction of sp³-hybridized carbons (Fsp3) is 0.261. The highest BCUT2D eigenvalue weighted by Crippen LogP contribution is 2.24. The summed E-state index contributed by atoms with van der Waals surface area (Å²) in [5, 5.41) is 16.7. The van der Waals surface area contributed by atoms with Gasteiger partial charge in [-0.3, -0.25) is 9.10 Å². The van der Waals surface area contributed by atoms with Gasteiger partial charge in [-0.25, -0.2) is 17.5 Å². The second-order valence-electron chi connectivity index (χ2n) is 7.85. The summed E-state index contributed by atoms with van der Waals surface area (Å²) in [5.41, 5.74) is 8.32. The van der Waals surface area contributed by atoms with Crippen LogP contribution in [0.3, 0.4) is 0 Å². The molecule has 1 fully saturated rings. The van der Waals surface area contributed by atoms with Crippen molar-refractivity contribution in [3.05, 3.63) is 71.2 Å². The fourth-order valence-corrected chi connectivity index (χ4v) is 5.39. The van der Waals surface area contributed by atoms with E-state index in [4.69, 9.17) is 5.73 Å². The highest BCUT2D eigenvalue weighted by molar-refractivity contribution is 7.93. The monoisotopic (exact) mass is 482 g/mol. The van der Waals surface area contributed by atoms with Crippen LogP contribution >= 0.6 is 0 Å². The number of hydrogen-bond acceptors (Lipinski definition) is 6. The van der Waals surface area contributed by atoms with Crippen molar-refractivity contribution in [1.29, 1.82) is 5.26 Å². The maximum absolute atomic E-state index is 13.2. The molecule has 0 unspecified atom stereocenters. The van der Waals surface area contributed by atoms with Crippen LogP contribution in [-0.4, -0.2) is 42.9 Å². The van der Waals surface area contributed by atoms with Crippen LogP contribution in [0, 0.1) is 17.1 Å². The molecule has 0 spiro atoms. The number of aryl methyl sites for hydroxylation is 1. The molecule has 1 aliphatic heterocycles. The number of nitrogens with two attached hydrogens (primary N) is 1. The van der Waals surface area contributed by atoms with E-state index >= 15 is 0 Å². The van der Waals surface area contributed by atoms with E-state index in [-0.39, 0.29) is 28.9 Å². The zero-order chi connectivity index (χ0) is 24.3. The molecule has 4 rings (SSSR count). The SMILES string of the molecule is N#Cc1c(CCCNC(=O)c2ccc(N3CCCS3(=O)=O)cc2)nn(-c2ccc(F)cc2)c1N. The molecule has 1 aromatic heterocycles. The van der Waals surface area contributed by atoms with Crippen molar-refractivity contribution in [1.82, 2.24) is 15.1 Å². The Hall–Kier alpha value is -3.91. The minimum atomic E-state index is -3.27. The number of amides is 1. The third-order valence-corrected chi connectivity index (χ3v) is 7.44. The molecule has 2 aromatic carbocycles. The number of anilines is 2. The first kappa shape index (κ1) is 23.3. The molecule has 9 nitrogen and oxygen atoms in total. The average Bonchev–Trinajstić information content (AvgIpc) is 3.35. The topological polar surface area (TPSA) is 134 Å². The lowest BCUT2D eigenvalue weighted by Crippen LogP contribution is -2.26. The molecule has 176 valence electrons. The second kappa shape index (κ2) is 9.52. The number of aromatic nitrogens is 2. The number of rotatable bonds is 7. The maximum Gasteiger partial charge on any atom is 0.251 e. The standard InChI is InChI=1S/C23H23FN6O3S/c24-17-6-10-19(11-7-17)30-22(26)20(15-25)21(28-30)3-1-12-27-23(31)16-4-8-18(9-5-16)29-13-2-14-34(29,32)33/h4-11H,1-3,12-14,26H2,(H,27,31). The van der Waals surface area contributed by atoms with Crippen molar-refractivity contribution in [3.8, 4) is 11.8 Å². The summed E-state index contributed by atoms with van der Waals surface area (Å²) in [7, 11) is -3.27. The summed E-state index contributed by atoms with van der Waals surface area (Å²) < 4.78 is 40.0. The van der Waals surface area contributed by atoms with Gasteiger partial charge < -0.3 is 11.1 Å². The molecule has 0 saturated carbocycles. The van der Waals surface area contributed by atoms with Crippen molar-refractivity contribution in [2.45, 2.75) is 19.3 Å². The Morgan fingerprint density at radius 1 is 1.15 bits per heavy atom. The number of hydrogen-bond donors (Lipinski definition) is 2. The lowest BCUT2D eigenvalue weighted by Gasteiger charge is -2.17. The van der Waals surface area contributed by atoms with E-state index in [1.165, 1.54) is 33.3 Å². The number of nitrogens with one attached hydrogen (secondary N) is 1. The van der Waals surface area contributed by atoms with Gasteiger partial charge in [0.1, 0.15) is 23.3 Å². The molecule has 3 aromatic rings. The van der Waals surface area contributed by atoms with Gasteiger partial charge in [0.2, 0.25) is 10.0 Å². The molecule has 2 heterocycles. The smallest absolute Gasteiger partial charge is 0.251 e. The van der Waals surface area contributed by atoms with Crippen LogP contribution in [0.5, 0.6) is 0 Å². The fourth-order valence-electron chi connectivity index (χ4n) is 3.82. The average molecular weight is 483 g/mol. The molecule has 0 atom stereocenters. The number of sulfonamides is 1. The van der Waals surface area contributed by atoms with Crippen LogP contribution in [0.1, 0.15) is 34.5 Å². The van der Waals surface area contributed by atoms with Crippen LogP contribution in [0.2, 0.25) is 0 Å². The molecule has 3 N–H and O–H groups in total. The number of nitriles is 1. The van der Waals surface area contributed by atoms with E-state index in [1.807, 2.05) is 0 Å². The summed E-state index contributed by atoms with van der Waals surface area (Å²) >= 11 is 0. The summed E-state index contributed by atoms with van der Waals surface area (Å²) in [5.74, 6) is -0.362. The Balaban J connectivity index is 1.34. The Morgan fingerprint density at radius 3 is 2.44 bits per heavy atom. The van der Waals surface area contributed by atoms with Gasteiger partial charge in [-0.2, -0.15) is 10.4 Å². The van der Waals surface area contributed by atoms with Crippen molar-refractivity contribution in [3.63, 3.8) is 0 Å². The molecule has 0 bridgehead atoms. The van der Waals surface area contributed by atoms with Gasteiger partial charge in [0.25, 0.3) is 5.91 Å². The first-order chi connectivity index (χ1) is 16.3. The van der Waals surface area contributed by atoms with Gasteiger partial charge in [0.05, 0.1) is 22.8 Å². The summed E-state index contributed by atoms with van der Waals surface area (Å²) in [6.45, 7) is 0.787. The Morgan fingerprint density at radius 2 is 1.82 bits per heavy atom. The van der Waals surface area contributed by atoms with Crippen molar-refractivity contribution in [2.24, 2.45) is 0 Å². The maximum atomic E-state index is 13.2. The van der Waals surface area contributed by atoms with Gasteiger partial charge >= 0.3 is 0 Å². The summed E-state index contributed by atoms with van der Waals surface area (Å²) in [6, 6.07) is 14.1. The van der Waals surface area contributed by atoms with Gasteiger partial charge in [-0.15, -0.1) is 0 Å². The third-order valence-electron chi connectivity index (χ3n) is 5.57. The van der Waals surface area contributed by atoms with Crippen LogP contribution < -0.4 is 15.4 Å². The number of nitrogens with zero attached hydrogens (tertiary/aromatic N) is 4. The molecule has 1 amide bonds. The highest BCUT2D eigenvalue weighted by atomic mass is 32.2. The zero-order valence-corrected chi connectivity index (χ0v) is 19.1. The first-order valence-electron chi connectivity index (χ1n) is 10.7. The minimum Gasteiger partial charge on any atom is -0.382 e. The molecular formula is C23H23FN6O3S. The number of carbonyl (C=O) groups excluding carboxylic acids is 1. The molecule has 11 heteroatoms. The first-order valence-corrected chi connectivity index (χ1v) is 12.3. The van der Waals surface area contributed by atoms with E-state index < -0.39 is 10.0 Å². The molecule has 34 heavy (non-hydrogen) atoms. The molecule has 0 radical (unpaired) electrons.